The van der Waals surface area contributed by atoms with Gasteiger partial charge in [-0.3, -0.25) is 0 Å². The summed E-state index contributed by atoms with van der Waals surface area (Å²) in [6.45, 7) is 3.79. The van der Waals surface area contributed by atoms with Crippen molar-refractivity contribution in [1.82, 2.24) is 14.9 Å². The predicted molar refractivity (Wildman–Crippen MR) is 53.0 cm³/mol. The van der Waals surface area contributed by atoms with Gasteiger partial charge in [0.15, 0.2) is 0 Å². The Morgan fingerprint density at radius 3 is 3.00 bits per heavy atom. The van der Waals surface area contributed by atoms with E-state index >= 15 is 0 Å². The third-order valence-corrected chi connectivity index (χ3v) is 1.76. The normalized spacial score (nSPS) is 10.6. The molecule has 0 saturated heterocycles. The maximum Gasteiger partial charge on any atom is 0.0946 e. The molecule has 5 nitrogen and oxygen atoms in total. The van der Waals surface area contributed by atoms with Gasteiger partial charge in [-0.25, -0.2) is 4.98 Å². The first-order chi connectivity index (χ1) is 6.93. The van der Waals surface area contributed by atoms with Crippen molar-refractivity contribution in [2.75, 3.05) is 32.9 Å². The molecule has 1 aromatic heterocycles. The maximum atomic E-state index is 8.44. The summed E-state index contributed by atoms with van der Waals surface area (Å²) in [6.07, 6.45) is 5.50. The molecule has 0 aliphatic heterocycles. The zero-order valence-electron chi connectivity index (χ0n) is 8.22. The van der Waals surface area contributed by atoms with Crippen LogP contribution in [0.3, 0.4) is 0 Å². The molecule has 0 aliphatic carbocycles. The third-order valence-electron chi connectivity index (χ3n) is 1.76. The van der Waals surface area contributed by atoms with Crippen molar-refractivity contribution < 1.29 is 9.84 Å². The Labute approximate surface area is 83.7 Å². The minimum Gasteiger partial charge on any atom is -0.394 e. The van der Waals surface area contributed by atoms with Gasteiger partial charge in [0.05, 0.1) is 26.1 Å². The lowest BCUT2D eigenvalue weighted by molar-refractivity contribution is 0.0939. The molecule has 1 heterocycles. The van der Waals surface area contributed by atoms with E-state index in [0.29, 0.717) is 13.2 Å². The maximum absolute atomic E-state index is 8.44. The molecule has 0 radical (unpaired) electrons. The van der Waals surface area contributed by atoms with E-state index < -0.39 is 0 Å². The van der Waals surface area contributed by atoms with Gasteiger partial charge >= 0.3 is 0 Å². The smallest absolute Gasteiger partial charge is 0.0946 e. The van der Waals surface area contributed by atoms with Crippen LogP contribution in [-0.2, 0) is 11.3 Å². The van der Waals surface area contributed by atoms with E-state index in [0.717, 1.165) is 19.6 Å². The number of nitrogens with one attached hydrogen (secondary N) is 1. The lowest BCUT2D eigenvalue weighted by atomic mass is 10.5. The fraction of sp³-hybridized carbons (Fsp3) is 0.667. The summed E-state index contributed by atoms with van der Waals surface area (Å²) in [7, 11) is 0. The Morgan fingerprint density at radius 1 is 1.36 bits per heavy atom. The Kier molecular flexibility index (Phi) is 5.97. The van der Waals surface area contributed by atoms with Gasteiger partial charge in [-0.1, -0.05) is 0 Å². The molecule has 0 unspecified atom stereocenters. The Morgan fingerprint density at radius 2 is 2.29 bits per heavy atom. The molecule has 0 fully saturated rings. The van der Waals surface area contributed by atoms with Crippen LogP contribution in [0.5, 0.6) is 0 Å². The average molecular weight is 199 g/mol. The molecule has 0 saturated carbocycles. The number of imidazole rings is 1. The second-order valence-electron chi connectivity index (χ2n) is 2.89. The van der Waals surface area contributed by atoms with E-state index in [1.54, 1.807) is 12.5 Å². The number of aliphatic hydroxyl groups excluding tert-OH is 1. The van der Waals surface area contributed by atoms with Crippen LogP contribution in [0.1, 0.15) is 0 Å². The molecule has 0 spiro atoms. The van der Waals surface area contributed by atoms with Crippen LogP contribution in [0.15, 0.2) is 18.7 Å². The first kappa shape index (κ1) is 11.2. The van der Waals surface area contributed by atoms with E-state index in [4.69, 9.17) is 9.84 Å². The van der Waals surface area contributed by atoms with Crippen molar-refractivity contribution in [3.05, 3.63) is 18.7 Å². The van der Waals surface area contributed by atoms with E-state index in [9.17, 15) is 0 Å². The van der Waals surface area contributed by atoms with Gasteiger partial charge in [0.25, 0.3) is 0 Å². The highest BCUT2D eigenvalue weighted by atomic mass is 16.5. The minimum absolute atomic E-state index is 0.0923. The van der Waals surface area contributed by atoms with Crippen LogP contribution in [0.4, 0.5) is 0 Å². The van der Waals surface area contributed by atoms with Crippen LogP contribution in [0, 0.1) is 0 Å². The average Bonchev–Trinajstić information content (AvgIpc) is 2.69. The lowest BCUT2D eigenvalue weighted by Crippen LogP contribution is -2.24. The fourth-order valence-electron chi connectivity index (χ4n) is 1.06. The van der Waals surface area contributed by atoms with Crippen molar-refractivity contribution in [3.8, 4) is 0 Å². The molecule has 0 bridgehead atoms. The van der Waals surface area contributed by atoms with Crippen LogP contribution in [0.25, 0.3) is 0 Å². The van der Waals surface area contributed by atoms with Crippen molar-refractivity contribution in [2.24, 2.45) is 0 Å². The summed E-state index contributed by atoms with van der Waals surface area (Å²) >= 11 is 0. The van der Waals surface area contributed by atoms with Crippen molar-refractivity contribution in [1.29, 1.82) is 0 Å². The van der Waals surface area contributed by atoms with Crippen molar-refractivity contribution >= 4 is 0 Å². The first-order valence-electron chi connectivity index (χ1n) is 4.78. The zero-order valence-corrected chi connectivity index (χ0v) is 8.22. The van der Waals surface area contributed by atoms with Gasteiger partial charge in [-0.15, -0.1) is 0 Å². The number of aromatic nitrogens is 2. The van der Waals surface area contributed by atoms with E-state index in [2.05, 4.69) is 10.3 Å². The number of aliphatic hydroxyl groups is 1. The van der Waals surface area contributed by atoms with E-state index in [1.807, 2.05) is 10.8 Å². The van der Waals surface area contributed by atoms with Gasteiger partial charge < -0.3 is 19.7 Å². The quantitative estimate of drug-likeness (QED) is 0.553. The molecular weight excluding hydrogens is 182 g/mol. The second-order valence-corrected chi connectivity index (χ2v) is 2.89. The molecule has 14 heavy (non-hydrogen) atoms. The summed E-state index contributed by atoms with van der Waals surface area (Å²) in [5.41, 5.74) is 0. The first-order valence-corrected chi connectivity index (χ1v) is 4.78. The molecule has 0 aromatic carbocycles. The number of hydrogen-bond donors (Lipinski definition) is 2. The van der Waals surface area contributed by atoms with Gasteiger partial charge in [-0.2, -0.15) is 0 Å². The van der Waals surface area contributed by atoms with Crippen LogP contribution in [-0.4, -0.2) is 47.6 Å². The summed E-state index contributed by atoms with van der Waals surface area (Å²) in [5.74, 6) is 0. The number of nitrogens with zero attached hydrogens (tertiary/aromatic N) is 2. The van der Waals surface area contributed by atoms with Gasteiger partial charge in [0.2, 0.25) is 0 Å². The van der Waals surface area contributed by atoms with Gasteiger partial charge in [0.1, 0.15) is 0 Å². The Bertz CT molecular complexity index is 214. The monoisotopic (exact) mass is 199 g/mol. The highest BCUT2D eigenvalue weighted by molar-refractivity contribution is 4.73. The van der Waals surface area contributed by atoms with Crippen molar-refractivity contribution in [3.63, 3.8) is 0 Å². The van der Waals surface area contributed by atoms with Gasteiger partial charge in [-0.05, 0) is 0 Å². The Balaban J connectivity index is 1.85. The van der Waals surface area contributed by atoms with E-state index in [-0.39, 0.29) is 6.61 Å². The van der Waals surface area contributed by atoms with Crippen LogP contribution in [0.2, 0.25) is 0 Å². The largest absolute Gasteiger partial charge is 0.394 e. The molecule has 0 atom stereocenters. The fourth-order valence-corrected chi connectivity index (χ4v) is 1.06. The lowest BCUT2D eigenvalue weighted by Gasteiger charge is -2.05. The summed E-state index contributed by atoms with van der Waals surface area (Å²) in [4.78, 5) is 3.94. The van der Waals surface area contributed by atoms with Crippen molar-refractivity contribution in [2.45, 2.75) is 6.54 Å². The second kappa shape index (κ2) is 7.49. The number of hydrogen-bond acceptors (Lipinski definition) is 4. The topological polar surface area (TPSA) is 59.3 Å². The zero-order chi connectivity index (χ0) is 10.1. The molecule has 0 amide bonds. The molecule has 1 rings (SSSR count). The Hall–Kier alpha value is -0.910. The summed E-state index contributed by atoms with van der Waals surface area (Å²) < 4.78 is 7.10. The minimum atomic E-state index is 0.0923. The number of ether oxygens (including phenoxy) is 1. The van der Waals surface area contributed by atoms with E-state index in [1.165, 1.54) is 0 Å². The molecule has 1 aromatic rings. The molecule has 0 aliphatic rings. The SMILES string of the molecule is OCCOCCNCCn1ccnc1. The van der Waals surface area contributed by atoms with Crippen LogP contribution < -0.4 is 5.32 Å². The summed E-state index contributed by atoms with van der Waals surface area (Å²) in [6, 6.07) is 0. The molecular formula is C9H17N3O2. The van der Waals surface area contributed by atoms with Gasteiger partial charge in [0, 0.05) is 32.0 Å². The summed E-state index contributed by atoms with van der Waals surface area (Å²) in [5, 5.41) is 11.7. The third kappa shape index (κ3) is 4.96. The highest BCUT2D eigenvalue weighted by Gasteiger charge is 1.90. The molecule has 80 valence electrons. The highest BCUT2D eigenvalue weighted by Crippen LogP contribution is 1.83. The molecule has 2 N–H and O–H groups in total. The standard InChI is InChI=1S/C9H17N3O2/c13-6-8-14-7-3-10-1-4-12-5-2-11-9-12/h2,5,9-10,13H,1,3-4,6-8H2. The molecule has 5 heteroatoms. The van der Waals surface area contributed by atoms with Crippen LogP contribution >= 0.6 is 0 Å². The number of rotatable bonds is 8. The predicted octanol–water partition coefficient (Wildman–Crippen LogP) is -0.518.